The lowest BCUT2D eigenvalue weighted by molar-refractivity contribution is -0.118. The summed E-state index contributed by atoms with van der Waals surface area (Å²) in [4.78, 5) is 12.0. The highest BCUT2D eigenvalue weighted by Crippen LogP contribution is 2.25. The van der Waals surface area contributed by atoms with Crippen LogP contribution in [0.4, 0.5) is 5.13 Å². The molecule has 26 heavy (non-hydrogen) atoms. The molecular weight excluding hydrogens is 388 g/mol. The second-order valence-corrected chi connectivity index (χ2v) is 7.98. The van der Waals surface area contributed by atoms with Crippen LogP contribution in [0.5, 0.6) is 0 Å². The molecule has 3 rings (SSSR count). The smallest absolute Gasteiger partial charge is 0.230 e. The van der Waals surface area contributed by atoms with Gasteiger partial charge in [0.05, 0.1) is 5.75 Å². The van der Waals surface area contributed by atoms with Crippen LogP contribution in [0.1, 0.15) is 11.1 Å². The normalized spacial score (nSPS) is 10.5. The van der Waals surface area contributed by atoms with Gasteiger partial charge >= 0.3 is 0 Å². The Morgan fingerprint density at radius 3 is 2.62 bits per heavy atom. The summed E-state index contributed by atoms with van der Waals surface area (Å²) in [5.74, 6) is 0.224. The molecule has 0 saturated heterocycles. The van der Waals surface area contributed by atoms with Gasteiger partial charge in [0.2, 0.25) is 11.0 Å². The summed E-state index contributed by atoms with van der Waals surface area (Å²) < 4.78 is 0.758. The summed E-state index contributed by atoms with van der Waals surface area (Å²) in [5, 5.41) is 15.7. The van der Waals surface area contributed by atoms with Crippen LogP contribution in [0.15, 0.2) is 58.9 Å². The summed E-state index contributed by atoms with van der Waals surface area (Å²) in [6.07, 6.45) is 0. The standard InChI is InChI=1S/C18H17ClN4OS2/c19-15-9-5-4-8-14(15)11-20-16(24)12-25-18-23-22-17(26-18)21-10-13-6-2-1-3-7-13/h1-9H,10-12H2,(H,20,24)(H,21,22). The maximum absolute atomic E-state index is 12.0. The molecule has 8 heteroatoms. The van der Waals surface area contributed by atoms with Gasteiger partial charge in [-0.25, -0.2) is 0 Å². The minimum absolute atomic E-state index is 0.0658. The quantitative estimate of drug-likeness (QED) is 0.550. The molecule has 2 N–H and O–H groups in total. The van der Waals surface area contributed by atoms with Gasteiger partial charge in [0.15, 0.2) is 4.34 Å². The second-order valence-electron chi connectivity index (χ2n) is 5.37. The highest BCUT2D eigenvalue weighted by molar-refractivity contribution is 8.01. The Bertz CT molecular complexity index is 857. The molecule has 0 unspecified atom stereocenters. The summed E-state index contributed by atoms with van der Waals surface area (Å²) >= 11 is 8.89. The van der Waals surface area contributed by atoms with E-state index in [0.29, 0.717) is 18.1 Å². The molecule has 0 spiro atoms. The molecule has 0 aliphatic heterocycles. The fraction of sp³-hybridized carbons (Fsp3) is 0.167. The van der Waals surface area contributed by atoms with Crippen molar-refractivity contribution in [3.63, 3.8) is 0 Å². The van der Waals surface area contributed by atoms with E-state index in [9.17, 15) is 4.79 Å². The fourth-order valence-corrected chi connectivity index (χ4v) is 3.91. The van der Waals surface area contributed by atoms with Crippen LogP contribution in [0, 0.1) is 0 Å². The molecular formula is C18H17ClN4OS2. The number of carbonyl (C=O) groups excluding carboxylic acids is 1. The summed E-state index contributed by atoms with van der Waals surface area (Å²) in [7, 11) is 0. The van der Waals surface area contributed by atoms with E-state index in [1.807, 2.05) is 54.6 Å². The van der Waals surface area contributed by atoms with Crippen molar-refractivity contribution in [2.45, 2.75) is 17.4 Å². The predicted molar refractivity (Wildman–Crippen MR) is 108 cm³/mol. The average Bonchev–Trinajstić information content (AvgIpc) is 3.13. The van der Waals surface area contributed by atoms with E-state index in [2.05, 4.69) is 20.8 Å². The number of hydrogen-bond acceptors (Lipinski definition) is 6. The van der Waals surface area contributed by atoms with Gasteiger partial charge in [0.1, 0.15) is 0 Å². The minimum Gasteiger partial charge on any atom is -0.356 e. The summed E-state index contributed by atoms with van der Waals surface area (Å²) in [6, 6.07) is 17.5. The second kappa shape index (κ2) is 9.56. The zero-order valence-corrected chi connectivity index (χ0v) is 16.2. The number of hydrogen-bond donors (Lipinski definition) is 2. The van der Waals surface area contributed by atoms with Gasteiger partial charge in [-0.2, -0.15) is 0 Å². The Labute approximate surface area is 165 Å². The summed E-state index contributed by atoms with van der Waals surface area (Å²) in [6.45, 7) is 1.11. The number of anilines is 1. The Morgan fingerprint density at radius 1 is 1.04 bits per heavy atom. The maximum Gasteiger partial charge on any atom is 0.230 e. The molecule has 0 aliphatic rings. The number of amides is 1. The Balaban J connectivity index is 1.41. The molecule has 1 heterocycles. The molecule has 3 aromatic rings. The molecule has 134 valence electrons. The molecule has 0 radical (unpaired) electrons. The van der Waals surface area contributed by atoms with Crippen molar-refractivity contribution in [3.05, 3.63) is 70.7 Å². The molecule has 2 aromatic carbocycles. The third-order valence-electron chi connectivity index (χ3n) is 3.45. The van der Waals surface area contributed by atoms with Gasteiger partial charge in [-0.05, 0) is 17.2 Å². The first-order valence-electron chi connectivity index (χ1n) is 7.95. The Hall–Kier alpha value is -2.09. The monoisotopic (exact) mass is 404 g/mol. The minimum atomic E-state index is -0.0658. The van der Waals surface area contributed by atoms with Gasteiger partial charge < -0.3 is 10.6 Å². The van der Waals surface area contributed by atoms with Crippen molar-refractivity contribution in [1.29, 1.82) is 0 Å². The number of nitrogens with zero attached hydrogens (tertiary/aromatic N) is 2. The van der Waals surface area contributed by atoms with Crippen molar-refractivity contribution in [1.82, 2.24) is 15.5 Å². The van der Waals surface area contributed by atoms with E-state index in [4.69, 9.17) is 11.6 Å². The van der Waals surface area contributed by atoms with Gasteiger partial charge in [-0.3, -0.25) is 4.79 Å². The first kappa shape index (κ1) is 18.7. The number of rotatable bonds is 8. The lowest BCUT2D eigenvalue weighted by Gasteiger charge is -2.05. The lowest BCUT2D eigenvalue weighted by atomic mass is 10.2. The Kier molecular flexibility index (Phi) is 6.88. The number of thioether (sulfide) groups is 1. The third-order valence-corrected chi connectivity index (χ3v) is 5.84. The lowest BCUT2D eigenvalue weighted by Crippen LogP contribution is -2.24. The van der Waals surface area contributed by atoms with Crippen molar-refractivity contribution in [2.24, 2.45) is 0 Å². The number of benzene rings is 2. The molecule has 0 bridgehead atoms. The number of halogens is 1. The first-order chi connectivity index (χ1) is 12.7. The van der Waals surface area contributed by atoms with Crippen LogP contribution < -0.4 is 10.6 Å². The highest BCUT2D eigenvalue weighted by Gasteiger charge is 2.09. The van der Waals surface area contributed by atoms with E-state index in [0.717, 1.165) is 15.0 Å². The first-order valence-corrected chi connectivity index (χ1v) is 10.1. The number of carbonyl (C=O) groups is 1. The molecule has 5 nitrogen and oxygen atoms in total. The molecule has 1 aromatic heterocycles. The molecule has 0 fully saturated rings. The van der Waals surface area contributed by atoms with Crippen molar-refractivity contribution in [3.8, 4) is 0 Å². The van der Waals surface area contributed by atoms with Gasteiger partial charge in [0, 0.05) is 18.1 Å². The zero-order chi connectivity index (χ0) is 18.2. The molecule has 0 aliphatic carbocycles. The molecule has 1 amide bonds. The summed E-state index contributed by atoms with van der Waals surface area (Å²) in [5.41, 5.74) is 2.08. The molecule has 0 atom stereocenters. The van der Waals surface area contributed by atoms with Gasteiger partial charge in [-0.1, -0.05) is 83.2 Å². The largest absolute Gasteiger partial charge is 0.356 e. The highest BCUT2D eigenvalue weighted by atomic mass is 35.5. The maximum atomic E-state index is 12.0. The van der Waals surface area contributed by atoms with Crippen LogP contribution in [0.25, 0.3) is 0 Å². The van der Waals surface area contributed by atoms with Crippen molar-refractivity contribution in [2.75, 3.05) is 11.1 Å². The average molecular weight is 405 g/mol. The Morgan fingerprint density at radius 2 is 1.81 bits per heavy atom. The third kappa shape index (κ3) is 5.72. The van der Waals surface area contributed by atoms with Crippen LogP contribution in [-0.2, 0) is 17.9 Å². The van der Waals surface area contributed by atoms with Gasteiger partial charge in [0.25, 0.3) is 0 Å². The van der Waals surface area contributed by atoms with E-state index >= 15 is 0 Å². The predicted octanol–water partition coefficient (Wildman–Crippen LogP) is 4.21. The number of nitrogens with one attached hydrogen (secondary N) is 2. The van der Waals surface area contributed by atoms with E-state index in [1.54, 1.807) is 0 Å². The SMILES string of the molecule is O=C(CSc1nnc(NCc2ccccc2)s1)NCc1ccccc1Cl. The van der Waals surface area contributed by atoms with Crippen LogP contribution in [0.3, 0.4) is 0 Å². The van der Waals surface area contributed by atoms with Crippen LogP contribution in [0.2, 0.25) is 5.02 Å². The van der Waals surface area contributed by atoms with Crippen LogP contribution >= 0.6 is 34.7 Å². The molecule has 0 saturated carbocycles. The van der Waals surface area contributed by atoms with Crippen LogP contribution in [-0.4, -0.2) is 21.9 Å². The van der Waals surface area contributed by atoms with E-state index in [1.165, 1.54) is 28.7 Å². The van der Waals surface area contributed by atoms with E-state index < -0.39 is 0 Å². The van der Waals surface area contributed by atoms with Gasteiger partial charge in [-0.15, -0.1) is 10.2 Å². The fourth-order valence-electron chi connectivity index (χ4n) is 2.13. The topological polar surface area (TPSA) is 66.9 Å². The van der Waals surface area contributed by atoms with E-state index in [-0.39, 0.29) is 11.7 Å². The van der Waals surface area contributed by atoms with Crippen molar-refractivity contribution >= 4 is 45.7 Å². The van der Waals surface area contributed by atoms with Crippen molar-refractivity contribution < 1.29 is 4.79 Å². The number of aromatic nitrogens is 2. The zero-order valence-electron chi connectivity index (χ0n) is 13.8.